The van der Waals surface area contributed by atoms with Crippen LogP contribution in [-0.4, -0.2) is 63.3 Å². The van der Waals surface area contributed by atoms with Gasteiger partial charge in [-0.05, 0) is 76.8 Å². The highest BCUT2D eigenvalue weighted by atomic mass is 32.1. The number of benzene rings is 2. The molecule has 0 saturated carbocycles. The summed E-state index contributed by atoms with van der Waals surface area (Å²) in [5, 5.41) is 0.659. The molecule has 2 aromatic carbocycles. The molecule has 0 aliphatic carbocycles. The molecule has 0 N–H and O–H groups in total. The van der Waals surface area contributed by atoms with Crippen LogP contribution in [0.4, 0.5) is 5.13 Å². The van der Waals surface area contributed by atoms with E-state index in [0.717, 1.165) is 34.5 Å². The van der Waals surface area contributed by atoms with Crippen molar-refractivity contribution in [3.05, 3.63) is 42.0 Å². The SMILES string of the molecule is CCOc1ccc(OCC(=O)N(CCCN(C)C)c2nc3c(OC)ccc(C)c3s2)cc1. The van der Waals surface area contributed by atoms with Gasteiger partial charge in [-0.3, -0.25) is 9.69 Å². The number of carbonyl (C=O) groups excluding carboxylic acids is 1. The Kier molecular flexibility index (Phi) is 8.30. The van der Waals surface area contributed by atoms with Crippen molar-refractivity contribution >= 4 is 32.6 Å². The van der Waals surface area contributed by atoms with Gasteiger partial charge < -0.3 is 19.1 Å². The summed E-state index contributed by atoms with van der Waals surface area (Å²) in [6.07, 6.45) is 0.827. The molecule has 1 heterocycles. The first-order chi connectivity index (χ1) is 15.4. The van der Waals surface area contributed by atoms with E-state index in [1.165, 1.54) is 11.3 Å². The van der Waals surface area contributed by atoms with E-state index in [-0.39, 0.29) is 12.5 Å². The van der Waals surface area contributed by atoms with Crippen molar-refractivity contribution in [3.8, 4) is 17.2 Å². The van der Waals surface area contributed by atoms with Crippen molar-refractivity contribution in [2.24, 2.45) is 0 Å². The smallest absolute Gasteiger partial charge is 0.266 e. The minimum atomic E-state index is -0.131. The second kappa shape index (κ2) is 11.2. The summed E-state index contributed by atoms with van der Waals surface area (Å²) in [6.45, 7) is 5.95. The number of hydrogen-bond donors (Lipinski definition) is 0. The van der Waals surface area contributed by atoms with Crippen LogP contribution in [0, 0.1) is 6.92 Å². The topological polar surface area (TPSA) is 64.1 Å². The van der Waals surface area contributed by atoms with E-state index in [2.05, 4.69) is 4.90 Å². The third kappa shape index (κ3) is 5.89. The number of carbonyl (C=O) groups is 1. The van der Waals surface area contributed by atoms with Gasteiger partial charge in [-0.1, -0.05) is 17.4 Å². The maximum Gasteiger partial charge on any atom is 0.266 e. The molecular weight excluding hydrogens is 426 g/mol. The molecule has 0 fully saturated rings. The fourth-order valence-corrected chi connectivity index (χ4v) is 4.37. The zero-order valence-electron chi connectivity index (χ0n) is 19.4. The third-order valence-electron chi connectivity index (χ3n) is 4.93. The van der Waals surface area contributed by atoms with E-state index < -0.39 is 0 Å². The van der Waals surface area contributed by atoms with Crippen molar-refractivity contribution in [3.63, 3.8) is 0 Å². The van der Waals surface area contributed by atoms with E-state index >= 15 is 0 Å². The van der Waals surface area contributed by atoms with Gasteiger partial charge in [0.15, 0.2) is 11.7 Å². The Bertz CT molecular complexity index is 1030. The average molecular weight is 458 g/mol. The van der Waals surface area contributed by atoms with E-state index in [1.54, 1.807) is 24.1 Å². The van der Waals surface area contributed by atoms with Crippen LogP contribution in [0.25, 0.3) is 10.2 Å². The summed E-state index contributed by atoms with van der Waals surface area (Å²) in [6, 6.07) is 11.2. The Hall–Kier alpha value is -2.84. The van der Waals surface area contributed by atoms with Gasteiger partial charge in [0.1, 0.15) is 22.8 Å². The number of methoxy groups -OCH3 is 1. The number of ether oxygens (including phenoxy) is 3. The predicted molar refractivity (Wildman–Crippen MR) is 130 cm³/mol. The quantitative estimate of drug-likeness (QED) is 0.426. The first-order valence-electron chi connectivity index (χ1n) is 10.7. The number of aromatic nitrogens is 1. The zero-order valence-corrected chi connectivity index (χ0v) is 20.2. The maximum atomic E-state index is 13.2. The van der Waals surface area contributed by atoms with Crippen LogP contribution in [0.3, 0.4) is 0 Å². The summed E-state index contributed by atoms with van der Waals surface area (Å²) >= 11 is 1.51. The van der Waals surface area contributed by atoms with E-state index in [9.17, 15) is 4.79 Å². The fourth-order valence-electron chi connectivity index (χ4n) is 3.27. The number of rotatable bonds is 11. The van der Waals surface area contributed by atoms with Crippen molar-refractivity contribution in [1.82, 2.24) is 9.88 Å². The van der Waals surface area contributed by atoms with Crippen molar-refractivity contribution in [1.29, 1.82) is 0 Å². The van der Waals surface area contributed by atoms with E-state index in [1.807, 2.05) is 52.2 Å². The minimum absolute atomic E-state index is 0.0675. The van der Waals surface area contributed by atoms with Crippen LogP contribution in [0.15, 0.2) is 36.4 Å². The van der Waals surface area contributed by atoms with Gasteiger partial charge in [0, 0.05) is 6.54 Å². The molecule has 32 heavy (non-hydrogen) atoms. The van der Waals surface area contributed by atoms with Gasteiger partial charge in [0.05, 0.1) is 18.4 Å². The van der Waals surface area contributed by atoms with Gasteiger partial charge in [0.2, 0.25) is 0 Å². The third-order valence-corrected chi connectivity index (χ3v) is 6.14. The van der Waals surface area contributed by atoms with Crippen LogP contribution in [0.5, 0.6) is 17.2 Å². The molecule has 0 aliphatic heterocycles. The molecule has 172 valence electrons. The maximum absolute atomic E-state index is 13.2. The van der Waals surface area contributed by atoms with Crippen LogP contribution >= 0.6 is 11.3 Å². The molecular formula is C24H31N3O4S. The number of fused-ring (bicyclic) bond motifs is 1. The zero-order chi connectivity index (χ0) is 23.1. The first-order valence-corrected chi connectivity index (χ1v) is 11.5. The molecule has 0 spiro atoms. The predicted octanol–water partition coefficient (Wildman–Crippen LogP) is 4.38. The summed E-state index contributed by atoms with van der Waals surface area (Å²) in [5.41, 5.74) is 1.89. The number of thiazole rings is 1. The standard InChI is InChI=1S/C24H31N3O4S/c1-6-30-18-9-11-19(12-10-18)31-16-21(28)27(15-7-14-26(3)4)24-25-22-20(29-5)13-8-17(2)23(22)32-24/h8-13H,6-7,14-16H2,1-5H3. The summed E-state index contributed by atoms with van der Waals surface area (Å²) in [4.78, 5) is 21.8. The lowest BCUT2D eigenvalue weighted by atomic mass is 10.2. The highest BCUT2D eigenvalue weighted by Crippen LogP contribution is 2.36. The molecule has 7 nitrogen and oxygen atoms in total. The molecule has 0 bridgehead atoms. The first kappa shape index (κ1) is 23.8. The molecule has 1 amide bonds. The number of hydrogen-bond acceptors (Lipinski definition) is 7. The molecule has 3 rings (SSSR count). The lowest BCUT2D eigenvalue weighted by molar-refractivity contribution is -0.120. The Morgan fingerprint density at radius 3 is 2.34 bits per heavy atom. The van der Waals surface area contributed by atoms with Gasteiger partial charge >= 0.3 is 0 Å². The molecule has 8 heteroatoms. The van der Waals surface area contributed by atoms with E-state index in [4.69, 9.17) is 19.2 Å². The van der Waals surface area contributed by atoms with Crippen LogP contribution in [0.1, 0.15) is 18.9 Å². The summed E-state index contributed by atoms with van der Waals surface area (Å²) in [5.74, 6) is 1.97. The second-order valence-electron chi connectivity index (χ2n) is 7.65. The van der Waals surface area contributed by atoms with Crippen LogP contribution in [0.2, 0.25) is 0 Å². The number of nitrogens with zero attached hydrogens (tertiary/aromatic N) is 3. The Morgan fingerprint density at radius 2 is 1.72 bits per heavy atom. The molecule has 0 aliphatic rings. The van der Waals surface area contributed by atoms with E-state index in [0.29, 0.717) is 29.8 Å². The van der Waals surface area contributed by atoms with Crippen LogP contribution < -0.4 is 19.1 Å². The molecule has 0 unspecified atom stereocenters. The molecule has 3 aromatic rings. The largest absolute Gasteiger partial charge is 0.494 e. The van der Waals surface area contributed by atoms with Crippen molar-refractivity contribution < 1.29 is 19.0 Å². The van der Waals surface area contributed by atoms with Gasteiger partial charge in [0.25, 0.3) is 5.91 Å². The normalized spacial score (nSPS) is 11.1. The number of anilines is 1. The molecule has 0 atom stereocenters. The van der Waals surface area contributed by atoms with Gasteiger partial charge in [-0.25, -0.2) is 4.98 Å². The van der Waals surface area contributed by atoms with Crippen molar-refractivity contribution in [2.45, 2.75) is 20.3 Å². The lowest BCUT2D eigenvalue weighted by Crippen LogP contribution is -2.36. The van der Waals surface area contributed by atoms with Gasteiger partial charge in [-0.2, -0.15) is 0 Å². The summed E-state index contributed by atoms with van der Waals surface area (Å²) in [7, 11) is 5.67. The highest BCUT2D eigenvalue weighted by Gasteiger charge is 2.22. The lowest BCUT2D eigenvalue weighted by Gasteiger charge is -2.21. The fraction of sp³-hybridized carbons (Fsp3) is 0.417. The monoisotopic (exact) mass is 457 g/mol. The van der Waals surface area contributed by atoms with Gasteiger partial charge in [-0.15, -0.1) is 0 Å². The average Bonchev–Trinajstić information content (AvgIpc) is 3.22. The minimum Gasteiger partial charge on any atom is -0.494 e. The number of aryl methyl sites for hydroxylation is 1. The molecule has 1 aromatic heterocycles. The molecule has 0 radical (unpaired) electrons. The Labute approximate surface area is 193 Å². The second-order valence-corrected chi connectivity index (χ2v) is 8.63. The van der Waals surface area contributed by atoms with Crippen LogP contribution in [-0.2, 0) is 4.79 Å². The Balaban J connectivity index is 1.79. The molecule has 0 saturated heterocycles. The highest BCUT2D eigenvalue weighted by molar-refractivity contribution is 7.22. The Morgan fingerprint density at radius 1 is 1.03 bits per heavy atom. The summed E-state index contributed by atoms with van der Waals surface area (Å²) < 4.78 is 17.7. The number of amides is 1. The van der Waals surface area contributed by atoms with Crippen molar-refractivity contribution in [2.75, 3.05) is 52.4 Å².